The molecule has 1 aromatic rings. The highest BCUT2D eigenvalue weighted by Crippen LogP contribution is 1.86. The number of amides is 2. The molecular formula is C7H11N3O3S. The molecule has 14 heavy (non-hydrogen) atoms. The smallest absolute Gasteiger partial charge is 0.246 e. The summed E-state index contributed by atoms with van der Waals surface area (Å²) in [4.78, 5) is 23.7. The summed E-state index contributed by atoms with van der Waals surface area (Å²) < 4.78 is 0. The Bertz CT molecular complexity index is 258. The molecule has 78 valence electrons. The van der Waals surface area contributed by atoms with Crippen LogP contribution in [0.4, 0.5) is 0 Å². The Labute approximate surface area is 84.6 Å². The largest absolute Gasteiger partial charge is 0.383 e. The van der Waals surface area contributed by atoms with E-state index in [9.17, 15) is 9.59 Å². The predicted octanol–water partition coefficient (Wildman–Crippen LogP) is -1.15. The van der Waals surface area contributed by atoms with E-state index in [1.165, 1.54) is 0 Å². The zero-order valence-corrected chi connectivity index (χ0v) is 8.11. The number of rotatable bonds is 3. The standard InChI is InChI=1S/C4H8N2O3.C3H3NS/c5-3(8)1-2(7)4(6)9;1-2-5-3-4-1/h2,7H,1H2,(H2,5,8)(H2,6,9);1-3H. The Morgan fingerprint density at radius 1 is 1.50 bits per heavy atom. The molecule has 0 aliphatic carbocycles. The minimum Gasteiger partial charge on any atom is -0.383 e. The lowest BCUT2D eigenvalue weighted by Gasteiger charge is -2.00. The maximum absolute atomic E-state index is 10.00. The minimum atomic E-state index is -1.44. The van der Waals surface area contributed by atoms with Crippen LogP contribution in [0.1, 0.15) is 6.42 Å². The maximum Gasteiger partial charge on any atom is 0.246 e. The van der Waals surface area contributed by atoms with Crippen molar-refractivity contribution in [1.29, 1.82) is 0 Å². The lowest BCUT2D eigenvalue weighted by Crippen LogP contribution is -2.32. The number of thiazole rings is 1. The van der Waals surface area contributed by atoms with Crippen LogP contribution in [0.3, 0.4) is 0 Å². The van der Waals surface area contributed by atoms with Crippen molar-refractivity contribution in [2.75, 3.05) is 0 Å². The van der Waals surface area contributed by atoms with E-state index in [2.05, 4.69) is 16.5 Å². The van der Waals surface area contributed by atoms with Crippen LogP contribution >= 0.6 is 11.3 Å². The van der Waals surface area contributed by atoms with E-state index in [0.717, 1.165) is 0 Å². The third-order valence-electron chi connectivity index (χ3n) is 1.07. The van der Waals surface area contributed by atoms with E-state index < -0.39 is 24.3 Å². The summed E-state index contributed by atoms with van der Waals surface area (Å²) >= 11 is 1.60. The normalized spacial score (nSPS) is 10.9. The van der Waals surface area contributed by atoms with Crippen molar-refractivity contribution >= 4 is 23.2 Å². The number of carbonyl (C=O) groups excluding carboxylic acids is 2. The summed E-state index contributed by atoms with van der Waals surface area (Å²) in [5, 5.41) is 10.5. The van der Waals surface area contributed by atoms with Gasteiger partial charge in [0.05, 0.1) is 11.9 Å². The zero-order chi connectivity index (χ0) is 11.0. The summed E-state index contributed by atoms with van der Waals surface area (Å²) in [6.07, 6.45) is -0.0810. The van der Waals surface area contributed by atoms with Crippen molar-refractivity contribution in [2.45, 2.75) is 12.5 Å². The van der Waals surface area contributed by atoms with Gasteiger partial charge in [0.2, 0.25) is 11.8 Å². The molecule has 0 radical (unpaired) electrons. The number of aliphatic hydroxyl groups excluding tert-OH is 1. The van der Waals surface area contributed by atoms with Gasteiger partial charge in [-0.2, -0.15) is 0 Å². The van der Waals surface area contributed by atoms with Crippen molar-refractivity contribution < 1.29 is 14.7 Å². The van der Waals surface area contributed by atoms with Crippen LogP contribution in [0.15, 0.2) is 17.1 Å². The molecule has 6 nitrogen and oxygen atoms in total. The molecule has 0 spiro atoms. The highest BCUT2D eigenvalue weighted by molar-refractivity contribution is 7.07. The number of nitrogens with zero attached hydrogens (tertiary/aromatic N) is 1. The topological polar surface area (TPSA) is 119 Å². The lowest BCUT2D eigenvalue weighted by atomic mass is 10.2. The highest BCUT2D eigenvalue weighted by atomic mass is 32.1. The molecule has 0 saturated carbocycles. The van der Waals surface area contributed by atoms with Gasteiger partial charge < -0.3 is 16.6 Å². The summed E-state index contributed by atoms with van der Waals surface area (Å²) in [5.41, 5.74) is 11.0. The maximum atomic E-state index is 10.00. The Balaban J connectivity index is 0.000000280. The molecule has 7 heteroatoms. The number of aromatic nitrogens is 1. The molecule has 1 unspecified atom stereocenters. The average Bonchev–Trinajstić information content (AvgIpc) is 2.59. The zero-order valence-electron chi connectivity index (χ0n) is 7.29. The Kier molecular flexibility index (Phi) is 6.25. The van der Waals surface area contributed by atoms with E-state index in [1.807, 2.05) is 5.38 Å². The second-order valence-corrected chi connectivity index (χ2v) is 3.02. The highest BCUT2D eigenvalue weighted by Gasteiger charge is 2.12. The van der Waals surface area contributed by atoms with Crippen molar-refractivity contribution in [3.63, 3.8) is 0 Å². The van der Waals surface area contributed by atoms with Gasteiger partial charge in [0.25, 0.3) is 0 Å². The van der Waals surface area contributed by atoms with Crippen molar-refractivity contribution in [3.8, 4) is 0 Å². The fraction of sp³-hybridized carbons (Fsp3) is 0.286. The van der Waals surface area contributed by atoms with Gasteiger partial charge in [-0.05, 0) is 0 Å². The van der Waals surface area contributed by atoms with Gasteiger partial charge in [-0.15, -0.1) is 11.3 Å². The van der Waals surface area contributed by atoms with Gasteiger partial charge in [-0.25, -0.2) is 0 Å². The lowest BCUT2D eigenvalue weighted by molar-refractivity contribution is -0.131. The molecule has 5 N–H and O–H groups in total. The Morgan fingerprint density at radius 2 is 2.14 bits per heavy atom. The van der Waals surface area contributed by atoms with E-state index in [0.29, 0.717) is 0 Å². The summed E-state index contributed by atoms with van der Waals surface area (Å²) in [7, 11) is 0. The molecule has 0 aromatic carbocycles. The molecule has 0 fully saturated rings. The first-order chi connectivity index (χ1) is 6.54. The number of hydrogen-bond donors (Lipinski definition) is 3. The first-order valence-corrected chi connectivity index (χ1v) is 4.56. The van der Waals surface area contributed by atoms with E-state index >= 15 is 0 Å². The number of nitrogens with two attached hydrogens (primary N) is 2. The quantitative estimate of drug-likeness (QED) is 0.592. The average molecular weight is 217 g/mol. The molecule has 0 aliphatic rings. The van der Waals surface area contributed by atoms with Crippen LogP contribution in [0.25, 0.3) is 0 Å². The molecule has 0 saturated heterocycles. The Hall–Kier alpha value is -1.47. The van der Waals surface area contributed by atoms with Crippen LogP contribution < -0.4 is 11.5 Å². The number of aliphatic hydroxyl groups is 1. The Morgan fingerprint density at radius 3 is 2.29 bits per heavy atom. The third kappa shape index (κ3) is 7.19. The van der Waals surface area contributed by atoms with Gasteiger partial charge in [0.1, 0.15) is 6.10 Å². The van der Waals surface area contributed by atoms with Crippen LogP contribution in [-0.4, -0.2) is 28.0 Å². The van der Waals surface area contributed by atoms with Crippen LogP contribution in [0.5, 0.6) is 0 Å². The predicted molar refractivity (Wildman–Crippen MR) is 51.1 cm³/mol. The second kappa shape index (κ2) is 6.98. The molecular weight excluding hydrogens is 206 g/mol. The SMILES string of the molecule is NC(=O)CC(O)C(N)=O.c1cscn1. The second-order valence-electron chi connectivity index (χ2n) is 2.26. The first-order valence-electron chi connectivity index (χ1n) is 3.62. The molecule has 2 amide bonds. The fourth-order valence-corrected chi connectivity index (χ4v) is 0.818. The molecule has 0 aliphatic heterocycles. The van der Waals surface area contributed by atoms with Crippen molar-refractivity contribution in [1.82, 2.24) is 4.98 Å². The number of primary amides is 2. The molecule has 1 atom stereocenters. The first kappa shape index (κ1) is 12.5. The van der Waals surface area contributed by atoms with Gasteiger partial charge in [0, 0.05) is 11.6 Å². The molecule has 1 heterocycles. The molecule has 1 rings (SSSR count). The van der Waals surface area contributed by atoms with E-state index in [4.69, 9.17) is 5.11 Å². The van der Waals surface area contributed by atoms with Crippen molar-refractivity contribution in [2.24, 2.45) is 11.5 Å². The van der Waals surface area contributed by atoms with Gasteiger partial charge in [-0.3, -0.25) is 14.6 Å². The van der Waals surface area contributed by atoms with E-state index in [-0.39, 0.29) is 0 Å². The third-order valence-corrected chi connectivity index (χ3v) is 1.59. The monoisotopic (exact) mass is 217 g/mol. The summed E-state index contributed by atoms with van der Waals surface area (Å²) in [6, 6.07) is 0. The van der Waals surface area contributed by atoms with E-state index in [1.54, 1.807) is 23.0 Å². The van der Waals surface area contributed by atoms with Crippen LogP contribution in [0.2, 0.25) is 0 Å². The van der Waals surface area contributed by atoms with Gasteiger partial charge in [-0.1, -0.05) is 0 Å². The van der Waals surface area contributed by atoms with Crippen LogP contribution in [-0.2, 0) is 9.59 Å². The van der Waals surface area contributed by atoms with Crippen molar-refractivity contribution in [3.05, 3.63) is 17.1 Å². The van der Waals surface area contributed by atoms with Gasteiger partial charge in [0.15, 0.2) is 0 Å². The van der Waals surface area contributed by atoms with Crippen LogP contribution in [0, 0.1) is 0 Å². The molecule has 1 aromatic heterocycles. The van der Waals surface area contributed by atoms with Gasteiger partial charge >= 0.3 is 0 Å². The minimum absolute atomic E-state index is 0.407. The molecule has 0 bridgehead atoms. The number of carbonyl (C=O) groups is 2. The fourth-order valence-electron chi connectivity index (χ4n) is 0.467. The summed E-state index contributed by atoms with van der Waals surface area (Å²) in [6.45, 7) is 0. The number of hydrogen-bond acceptors (Lipinski definition) is 5. The summed E-state index contributed by atoms with van der Waals surface area (Å²) in [5.74, 6) is -1.69.